The SMILES string of the molecule is C.C1CCC2=NCCCN2CC1.O=C1N=C([O-])c2ccccc21. The molecule has 0 bridgehead atoms. The van der Waals surface area contributed by atoms with E-state index in [-0.39, 0.29) is 7.43 Å². The van der Waals surface area contributed by atoms with Gasteiger partial charge in [-0.3, -0.25) is 9.79 Å². The average molecular weight is 314 g/mol. The summed E-state index contributed by atoms with van der Waals surface area (Å²) in [5.41, 5.74) is 0.829. The summed E-state index contributed by atoms with van der Waals surface area (Å²) in [5, 5.41) is 10.9. The van der Waals surface area contributed by atoms with E-state index in [0.717, 1.165) is 6.54 Å². The number of nitrogens with zero attached hydrogens (tertiary/aromatic N) is 3. The van der Waals surface area contributed by atoms with Gasteiger partial charge in [0.1, 0.15) is 0 Å². The van der Waals surface area contributed by atoms with Gasteiger partial charge in [-0.15, -0.1) is 0 Å². The van der Waals surface area contributed by atoms with Gasteiger partial charge in [-0.25, -0.2) is 4.99 Å². The van der Waals surface area contributed by atoms with E-state index >= 15 is 0 Å². The van der Waals surface area contributed by atoms with Gasteiger partial charge < -0.3 is 10.0 Å². The number of benzene rings is 1. The molecule has 3 heterocycles. The van der Waals surface area contributed by atoms with E-state index in [1.807, 2.05) is 0 Å². The summed E-state index contributed by atoms with van der Waals surface area (Å²) in [6.07, 6.45) is 6.63. The van der Waals surface area contributed by atoms with Crippen LogP contribution < -0.4 is 5.11 Å². The van der Waals surface area contributed by atoms with E-state index in [4.69, 9.17) is 0 Å². The molecule has 0 atom stereocenters. The van der Waals surface area contributed by atoms with Crippen LogP contribution in [0.5, 0.6) is 0 Å². The third kappa shape index (κ3) is 3.97. The Hall–Kier alpha value is -2.17. The molecule has 0 spiro atoms. The Morgan fingerprint density at radius 3 is 2.52 bits per heavy atom. The van der Waals surface area contributed by atoms with Crippen LogP contribution in [-0.2, 0) is 0 Å². The second-order valence-electron chi connectivity index (χ2n) is 5.72. The quantitative estimate of drug-likeness (QED) is 0.737. The molecular formula is C18H24N3O2-. The van der Waals surface area contributed by atoms with Gasteiger partial charge in [-0.1, -0.05) is 32.0 Å². The maximum absolute atomic E-state index is 10.9. The van der Waals surface area contributed by atoms with Crippen LogP contribution in [0.15, 0.2) is 34.3 Å². The highest BCUT2D eigenvalue weighted by Crippen LogP contribution is 2.16. The normalized spacial score (nSPS) is 19.1. The van der Waals surface area contributed by atoms with Crippen LogP contribution in [0.3, 0.4) is 0 Å². The number of carbonyl (C=O) groups excluding carboxylic acids is 1. The number of fused-ring (bicyclic) bond motifs is 2. The predicted octanol–water partition coefficient (Wildman–Crippen LogP) is 2.25. The first kappa shape index (κ1) is 17.2. The van der Waals surface area contributed by atoms with Crippen molar-refractivity contribution in [3.63, 3.8) is 0 Å². The second kappa shape index (κ2) is 7.90. The molecule has 1 fully saturated rings. The Morgan fingerprint density at radius 2 is 1.74 bits per heavy atom. The zero-order chi connectivity index (χ0) is 15.4. The number of aliphatic imine (C=N–C) groups is 2. The fourth-order valence-corrected chi connectivity index (χ4v) is 3.01. The van der Waals surface area contributed by atoms with Crippen LogP contribution in [0.25, 0.3) is 0 Å². The number of rotatable bonds is 0. The van der Waals surface area contributed by atoms with Gasteiger partial charge in [0.2, 0.25) is 0 Å². The van der Waals surface area contributed by atoms with E-state index in [1.165, 1.54) is 51.0 Å². The summed E-state index contributed by atoms with van der Waals surface area (Å²) < 4.78 is 0. The summed E-state index contributed by atoms with van der Waals surface area (Å²) in [5.74, 6) is 0.546. The predicted molar refractivity (Wildman–Crippen MR) is 91.0 cm³/mol. The topological polar surface area (TPSA) is 68.1 Å². The van der Waals surface area contributed by atoms with Gasteiger partial charge in [-0.2, -0.15) is 0 Å². The Kier molecular flexibility index (Phi) is 5.90. The minimum absolute atomic E-state index is 0. The molecule has 1 aromatic rings. The van der Waals surface area contributed by atoms with Crippen molar-refractivity contribution in [3.8, 4) is 0 Å². The third-order valence-electron chi connectivity index (χ3n) is 4.16. The molecule has 0 N–H and O–H groups in total. The van der Waals surface area contributed by atoms with Gasteiger partial charge in [0.15, 0.2) is 0 Å². The fourth-order valence-electron chi connectivity index (χ4n) is 3.01. The van der Waals surface area contributed by atoms with Gasteiger partial charge in [0.25, 0.3) is 5.91 Å². The molecular weight excluding hydrogens is 290 g/mol. The highest BCUT2D eigenvalue weighted by molar-refractivity contribution is 6.16. The van der Waals surface area contributed by atoms with Crippen molar-refractivity contribution in [3.05, 3.63) is 35.4 Å². The van der Waals surface area contributed by atoms with Crippen molar-refractivity contribution >= 4 is 17.6 Å². The van der Waals surface area contributed by atoms with E-state index in [1.54, 1.807) is 24.3 Å². The first-order valence-corrected chi connectivity index (χ1v) is 7.93. The summed E-state index contributed by atoms with van der Waals surface area (Å²) >= 11 is 0. The first-order valence-electron chi connectivity index (χ1n) is 7.93. The highest BCUT2D eigenvalue weighted by atomic mass is 16.3. The number of hydrogen-bond donors (Lipinski definition) is 0. The van der Waals surface area contributed by atoms with Crippen LogP contribution in [0.1, 0.15) is 55.5 Å². The Bertz CT molecular complexity index is 622. The van der Waals surface area contributed by atoms with Gasteiger partial charge in [0, 0.05) is 31.6 Å². The fraction of sp³-hybridized carbons (Fsp3) is 0.500. The van der Waals surface area contributed by atoms with Crippen molar-refractivity contribution in [2.75, 3.05) is 19.6 Å². The summed E-state index contributed by atoms with van der Waals surface area (Å²) in [7, 11) is 0. The number of hydrogen-bond acceptors (Lipinski definition) is 4. The molecule has 0 radical (unpaired) electrons. The van der Waals surface area contributed by atoms with Crippen molar-refractivity contribution in [1.82, 2.24) is 4.90 Å². The van der Waals surface area contributed by atoms with Crippen LogP contribution in [0.4, 0.5) is 0 Å². The number of amidine groups is 1. The zero-order valence-electron chi connectivity index (χ0n) is 12.6. The Labute approximate surface area is 137 Å². The van der Waals surface area contributed by atoms with Crippen LogP contribution in [0, 0.1) is 0 Å². The third-order valence-corrected chi connectivity index (χ3v) is 4.16. The van der Waals surface area contributed by atoms with Gasteiger partial charge >= 0.3 is 0 Å². The molecule has 0 saturated carbocycles. The monoisotopic (exact) mass is 314 g/mol. The molecule has 5 heteroatoms. The van der Waals surface area contributed by atoms with Crippen LogP contribution in [-0.4, -0.2) is 42.2 Å². The highest BCUT2D eigenvalue weighted by Gasteiger charge is 2.16. The maximum Gasteiger partial charge on any atom is 0.277 e. The lowest BCUT2D eigenvalue weighted by Crippen LogP contribution is -2.34. The molecule has 1 amide bonds. The van der Waals surface area contributed by atoms with E-state index in [2.05, 4.69) is 14.9 Å². The van der Waals surface area contributed by atoms with Crippen LogP contribution in [0.2, 0.25) is 0 Å². The van der Waals surface area contributed by atoms with Crippen molar-refractivity contribution in [1.29, 1.82) is 0 Å². The van der Waals surface area contributed by atoms with Crippen molar-refractivity contribution < 1.29 is 9.90 Å². The zero-order valence-corrected chi connectivity index (χ0v) is 12.6. The molecule has 0 aromatic heterocycles. The van der Waals surface area contributed by atoms with Gasteiger partial charge in [-0.05, 0) is 36.8 Å². The van der Waals surface area contributed by atoms with Crippen LogP contribution >= 0.6 is 0 Å². The lowest BCUT2D eigenvalue weighted by molar-refractivity contribution is -0.212. The maximum atomic E-state index is 10.9. The van der Waals surface area contributed by atoms with E-state index in [9.17, 15) is 9.90 Å². The summed E-state index contributed by atoms with van der Waals surface area (Å²) in [4.78, 5) is 21.2. The van der Waals surface area contributed by atoms with Crippen molar-refractivity contribution in [2.45, 2.75) is 39.5 Å². The van der Waals surface area contributed by atoms with E-state index < -0.39 is 11.8 Å². The molecule has 124 valence electrons. The number of amides is 1. The second-order valence-corrected chi connectivity index (χ2v) is 5.72. The molecule has 0 unspecified atom stereocenters. The molecule has 1 aromatic carbocycles. The molecule has 1 saturated heterocycles. The summed E-state index contributed by atoms with van der Waals surface area (Å²) in [6.45, 7) is 3.60. The molecule has 3 aliphatic rings. The minimum atomic E-state index is -0.425. The first-order chi connectivity index (χ1) is 10.8. The number of carbonyl (C=O) groups is 1. The largest absolute Gasteiger partial charge is 0.858 e. The Morgan fingerprint density at radius 1 is 1.00 bits per heavy atom. The lowest BCUT2D eigenvalue weighted by Gasteiger charge is -2.27. The standard InChI is InChI=1S/C9H16N2.C8H5NO2.CH4/c1-2-5-9-10-6-4-8-11(9)7-3-1;10-7-5-3-1-2-4-6(5)8(11)9-7;/h1-8H2;1-4H,(H,9,10,11);1H4/p-1. The molecule has 5 nitrogen and oxygen atoms in total. The van der Waals surface area contributed by atoms with E-state index in [0.29, 0.717) is 11.1 Å². The molecule has 4 rings (SSSR count). The molecule has 23 heavy (non-hydrogen) atoms. The smallest absolute Gasteiger partial charge is 0.277 e. The molecule has 0 aliphatic carbocycles. The van der Waals surface area contributed by atoms with Crippen molar-refractivity contribution in [2.24, 2.45) is 9.98 Å². The molecule has 3 aliphatic heterocycles. The minimum Gasteiger partial charge on any atom is -0.858 e. The Balaban J connectivity index is 0.000000160. The average Bonchev–Trinajstić information content (AvgIpc) is 2.73. The summed E-state index contributed by atoms with van der Waals surface area (Å²) in [6, 6.07) is 6.63. The lowest BCUT2D eigenvalue weighted by atomic mass is 10.1. The van der Waals surface area contributed by atoms with Gasteiger partial charge in [0.05, 0.1) is 5.84 Å².